The minimum Gasteiger partial charge on any atom is -0.304 e. The predicted octanol–water partition coefficient (Wildman–Crippen LogP) is 0.183. The van der Waals surface area contributed by atoms with E-state index in [1.165, 1.54) is 10.5 Å². The normalized spacial score (nSPS) is 13.9. The molecule has 0 atom stereocenters. The lowest BCUT2D eigenvalue weighted by atomic mass is 10.3. The van der Waals surface area contributed by atoms with Crippen molar-refractivity contribution >= 4 is 17.2 Å². The molecule has 0 aliphatic carbocycles. The lowest BCUT2D eigenvalue weighted by Crippen LogP contribution is -2.18. The molecule has 1 aliphatic rings. The average molecular weight is 187 g/mol. The highest BCUT2D eigenvalue weighted by Crippen LogP contribution is 2.06. The molecule has 1 N–H and O–H groups in total. The Balaban J connectivity index is 2.64. The summed E-state index contributed by atoms with van der Waals surface area (Å²) >= 11 is 0. The molecule has 3 heterocycles. The van der Waals surface area contributed by atoms with E-state index in [9.17, 15) is 9.59 Å². The molecule has 0 aromatic carbocycles. The highest BCUT2D eigenvalue weighted by molar-refractivity contribution is 5.94. The van der Waals surface area contributed by atoms with Crippen molar-refractivity contribution in [3.63, 3.8) is 0 Å². The number of urea groups is 1. The van der Waals surface area contributed by atoms with Gasteiger partial charge in [-0.15, -0.1) is 0 Å². The van der Waals surface area contributed by atoms with Crippen molar-refractivity contribution in [3.05, 3.63) is 40.1 Å². The van der Waals surface area contributed by atoms with Crippen molar-refractivity contribution < 1.29 is 4.79 Å². The molecular weight excluding hydrogens is 182 g/mol. The monoisotopic (exact) mass is 187 g/mol. The topological polar surface area (TPSA) is 62.9 Å². The van der Waals surface area contributed by atoms with Gasteiger partial charge in [-0.3, -0.25) is 9.20 Å². The summed E-state index contributed by atoms with van der Waals surface area (Å²) < 4.78 is 1.46. The van der Waals surface area contributed by atoms with E-state index in [2.05, 4.69) is 10.3 Å². The largest absolute Gasteiger partial charge is 0.346 e. The Morgan fingerprint density at radius 1 is 1.36 bits per heavy atom. The van der Waals surface area contributed by atoms with E-state index in [0.29, 0.717) is 16.6 Å². The number of pyridine rings is 1. The molecule has 0 fully saturated rings. The number of aromatic nitrogens is 1. The summed E-state index contributed by atoms with van der Waals surface area (Å²) in [5, 5.41) is 3.04. The number of amides is 2. The van der Waals surface area contributed by atoms with Crippen LogP contribution in [0.5, 0.6) is 0 Å². The third kappa shape index (κ3) is 0.756. The molecule has 0 radical (unpaired) electrons. The van der Waals surface area contributed by atoms with Crippen molar-refractivity contribution in [2.75, 3.05) is 5.32 Å². The fraction of sp³-hybridized carbons (Fsp3) is 0. The van der Waals surface area contributed by atoms with E-state index >= 15 is 0 Å². The molecule has 0 saturated carbocycles. The van der Waals surface area contributed by atoms with E-state index in [0.717, 1.165) is 0 Å². The third-order valence-corrected chi connectivity index (χ3v) is 2.21. The van der Waals surface area contributed by atoms with E-state index in [-0.39, 0.29) is 5.56 Å². The SMILES string of the molecule is O=C1N=c2c(cc(=O)n3cccc23)N1. The lowest BCUT2D eigenvalue weighted by molar-refractivity contribution is 0.260. The molecule has 2 aromatic rings. The minimum absolute atomic E-state index is 0.166. The van der Waals surface area contributed by atoms with Crippen LogP contribution in [0.4, 0.5) is 10.5 Å². The number of rotatable bonds is 0. The predicted molar refractivity (Wildman–Crippen MR) is 49.4 cm³/mol. The maximum absolute atomic E-state index is 11.5. The number of hydrogen-bond acceptors (Lipinski definition) is 2. The zero-order chi connectivity index (χ0) is 9.71. The average Bonchev–Trinajstić information content (AvgIpc) is 2.69. The van der Waals surface area contributed by atoms with Gasteiger partial charge in [0.1, 0.15) is 5.36 Å². The molecule has 2 aromatic heterocycles. The van der Waals surface area contributed by atoms with Crippen molar-refractivity contribution in [1.82, 2.24) is 4.40 Å². The smallest absolute Gasteiger partial charge is 0.304 e. The molecule has 0 unspecified atom stereocenters. The molecule has 14 heavy (non-hydrogen) atoms. The molecular formula is C9H5N3O2. The first-order valence-corrected chi connectivity index (χ1v) is 4.09. The van der Waals surface area contributed by atoms with Crippen LogP contribution < -0.4 is 16.2 Å². The van der Waals surface area contributed by atoms with E-state index in [4.69, 9.17) is 0 Å². The fourth-order valence-electron chi connectivity index (χ4n) is 1.62. The van der Waals surface area contributed by atoms with E-state index in [1.807, 2.05) is 0 Å². The van der Waals surface area contributed by atoms with E-state index < -0.39 is 6.03 Å². The Morgan fingerprint density at radius 3 is 3.07 bits per heavy atom. The van der Waals surface area contributed by atoms with Gasteiger partial charge in [-0.2, -0.15) is 4.99 Å². The van der Waals surface area contributed by atoms with Crippen molar-refractivity contribution in [2.45, 2.75) is 0 Å². The second-order valence-corrected chi connectivity index (χ2v) is 3.05. The van der Waals surface area contributed by atoms with Gasteiger partial charge in [0.15, 0.2) is 0 Å². The Bertz CT molecular complexity index is 656. The Kier molecular flexibility index (Phi) is 1.14. The maximum Gasteiger partial charge on any atom is 0.346 e. The summed E-state index contributed by atoms with van der Waals surface area (Å²) in [7, 11) is 0. The second kappa shape index (κ2) is 2.20. The molecule has 5 nitrogen and oxygen atoms in total. The Hall–Kier alpha value is -2.17. The molecule has 1 aliphatic heterocycles. The number of nitrogens with zero attached hydrogens (tertiary/aromatic N) is 2. The zero-order valence-electron chi connectivity index (χ0n) is 7.02. The van der Waals surface area contributed by atoms with Crippen LogP contribution in [-0.2, 0) is 0 Å². The van der Waals surface area contributed by atoms with Crippen LogP contribution in [0.2, 0.25) is 0 Å². The van der Waals surface area contributed by atoms with Gasteiger partial charge in [-0.25, -0.2) is 4.79 Å². The zero-order valence-corrected chi connectivity index (χ0v) is 7.02. The van der Waals surface area contributed by atoms with Gasteiger partial charge in [0.05, 0.1) is 11.2 Å². The van der Waals surface area contributed by atoms with Gasteiger partial charge in [0, 0.05) is 12.3 Å². The lowest BCUT2D eigenvalue weighted by Gasteiger charge is -1.95. The van der Waals surface area contributed by atoms with Gasteiger partial charge >= 0.3 is 6.03 Å². The minimum atomic E-state index is -0.423. The number of fused-ring (bicyclic) bond motifs is 3. The number of anilines is 1. The van der Waals surface area contributed by atoms with Gasteiger partial charge in [0.2, 0.25) is 0 Å². The van der Waals surface area contributed by atoms with Crippen LogP contribution in [0.1, 0.15) is 0 Å². The molecule has 0 spiro atoms. The summed E-state index contributed by atoms with van der Waals surface area (Å²) in [5.41, 5.74) is 0.984. The molecule has 0 bridgehead atoms. The summed E-state index contributed by atoms with van der Waals surface area (Å²) in [4.78, 5) is 26.2. The fourth-order valence-corrected chi connectivity index (χ4v) is 1.62. The van der Waals surface area contributed by atoms with Gasteiger partial charge in [0.25, 0.3) is 5.56 Å². The van der Waals surface area contributed by atoms with Crippen LogP contribution in [0.3, 0.4) is 0 Å². The molecule has 3 rings (SSSR count). The number of hydrogen-bond donors (Lipinski definition) is 1. The molecule has 5 heteroatoms. The molecule has 0 saturated heterocycles. The van der Waals surface area contributed by atoms with Crippen LogP contribution in [-0.4, -0.2) is 10.4 Å². The first kappa shape index (κ1) is 7.25. The standard InChI is InChI=1S/C9H5N3O2/c13-7-4-5-8(11-9(14)10-5)6-2-1-3-12(6)7/h1-4H,(H,10,14). The summed E-state index contributed by atoms with van der Waals surface area (Å²) in [6, 6.07) is 4.45. The van der Waals surface area contributed by atoms with Crippen molar-refractivity contribution in [2.24, 2.45) is 4.99 Å². The second-order valence-electron chi connectivity index (χ2n) is 3.05. The number of nitrogens with one attached hydrogen (secondary N) is 1. The van der Waals surface area contributed by atoms with Crippen molar-refractivity contribution in [1.29, 1.82) is 0 Å². The Morgan fingerprint density at radius 2 is 2.21 bits per heavy atom. The van der Waals surface area contributed by atoms with Crippen molar-refractivity contribution in [3.8, 4) is 0 Å². The van der Waals surface area contributed by atoms with Crippen LogP contribution in [0.25, 0.3) is 5.52 Å². The summed E-state index contributed by atoms with van der Waals surface area (Å²) in [6.07, 6.45) is 1.65. The summed E-state index contributed by atoms with van der Waals surface area (Å²) in [6.45, 7) is 0. The van der Waals surface area contributed by atoms with Crippen LogP contribution in [0.15, 0.2) is 34.2 Å². The first-order chi connectivity index (χ1) is 6.75. The van der Waals surface area contributed by atoms with E-state index in [1.54, 1.807) is 18.3 Å². The number of carbonyl (C=O) groups excluding carboxylic acids is 1. The highest BCUT2D eigenvalue weighted by atomic mass is 16.2. The highest BCUT2D eigenvalue weighted by Gasteiger charge is 2.14. The molecule has 68 valence electrons. The number of carbonyl (C=O) groups is 1. The van der Waals surface area contributed by atoms with Crippen LogP contribution in [0, 0.1) is 0 Å². The molecule has 2 amide bonds. The van der Waals surface area contributed by atoms with Gasteiger partial charge < -0.3 is 5.32 Å². The summed E-state index contributed by atoms with van der Waals surface area (Å²) in [5.74, 6) is 0. The van der Waals surface area contributed by atoms with Crippen LogP contribution >= 0.6 is 0 Å². The Labute approximate surface area is 77.7 Å². The first-order valence-electron chi connectivity index (χ1n) is 4.09. The quantitative estimate of drug-likeness (QED) is 0.639. The van der Waals surface area contributed by atoms with Gasteiger partial charge in [-0.05, 0) is 12.1 Å². The third-order valence-electron chi connectivity index (χ3n) is 2.21. The maximum atomic E-state index is 11.5. The van der Waals surface area contributed by atoms with Gasteiger partial charge in [-0.1, -0.05) is 0 Å².